The van der Waals surface area contributed by atoms with Gasteiger partial charge in [-0.05, 0) is 184 Å². The van der Waals surface area contributed by atoms with Gasteiger partial charge < -0.3 is 27.4 Å². The van der Waals surface area contributed by atoms with E-state index >= 15 is 0 Å². The molecule has 25 aromatic rings. The van der Waals surface area contributed by atoms with Gasteiger partial charge in [-0.25, -0.2) is 0 Å². The first kappa shape index (κ1) is 65.1. The molecule has 31 rings (SSSR count). The molecule has 0 unspecified atom stereocenters. The van der Waals surface area contributed by atoms with Crippen LogP contribution in [0.4, 0.5) is 0 Å². The first-order valence-electron chi connectivity index (χ1n) is 43.7. The molecule has 124 heavy (non-hydrogen) atoms. The summed E-state index contributed by atoms with van der Waals surface area (Å²) >= 11 is 0. The van der Waals surface area contributed by atoms with Gasteiger partial charge in [0, 0.05) is 132 Å². The largest absolute Gasteiger partial charge is 0.310 e. The molecule has 6 aliphatic rings. The molecule has 0 aliphatic carbocycles. The molecule has 6 aliphatic heterocycles. The third-order valence-electron chi connectivity index (χ3n) is 29.9. The molecule has 0 spiro atoms. The summed E-state index contributed by atoms with van der Waals surface area (Å²) in [7, 11) is 0. The van der Waals surface area contributed by atoms with Crippen molar-refractivity contribution in [3.05, 3.63) is 382 Å². The second-order valence-electron chi connectivity index (χ2n) is 35.5. The maximum Gasteiger partial charge on any atom is 0.253 e. The van der Waals surface area contributed by atoms with Crippen molar-refractivity contribution in [2.24, 2.45) is 0 Å². The van der Waals surface area contributed by atoms with Gasteiger partial charge in [-0.2, -0.15) is 0 Å². The fourth-order valence-corrected chi connectivity index (χ4v) is 25.2. The van der Waals surface area contributed by atoms with Crippen molar-refractivity contribution in [1.82, 2.24) is 27.4 Å². The normalized spacial score (nSPS) is 13.3. The van der Waals surface area contributed by atoms with Crippen molar-refractivity contribution in [1.29, 1.82) is 0 Å². The molecule has 0 fully saturated rings. The number of nitrogens with zero attached hydrogens (tertiary/aromatic N) is 6. The van der Waals surface area contributed by atoms with Crippen molar-refractivity contribution >= 4 is 200 Å². The molecule has 0 N–H and O–H groups in total. The predicted octanol–water partition coefficient (Wildman–Crippen LogP) is 22.0. The molecule has 0 amide bonds. The number of para-hydroxylation sites is 10. The highest BCUT2D eigenvalue weighted by atomic mass is 15.1. The average molecular weight is 1560 g/mol. The second kappa shape index (κ2) is 23.0. The Morgan fingerprint density at radius 2 is 0.468 bits per heavy atom. The zero-order valence-electron chi connectivity index (χ0n) is 67.2. The van der Waals surface area contributed by atoms with E-state index in [9.17, 15) is 0 Å². The molecular formula is C115H65B3N6. The maximum atomic E-state index is 2.68. The number of rotatable bonds is 6. The Bertz CT molecular complexity index is 9210. The Morgan fingerprint density at radius 3 is 0.903 bits per heavy atom. The molecule has 19 aromatic carbocycles. The highest BCUT2D eigenvalue weighted by molar-refractivity contribution is 7.03. The summed E-state index contributed by atoms with van der Waals surface area (Å²) in [6, 6.07) is 145. The summed E-state index contributed by atoms with van der Waals surface area (Å²) in [5.74, 6) is 0. The van der Waals surface area contributed by atoms with Gasteiger partial charge in [-0.15, -0.1) is 0 Å². The third kappa shape index (κ3) is 7.83. The van der Waals surface area contributed by atoms with E-state index in [-0.39, 0.29) is 20.1 Å². The highest BCUT2D eigenvalue weighted by Gasteiger charge is 2.48. The van der Waals surface area contributed by atoms with Crippen LogP contribution in [0.5, 0.6) is 0 Å². The zero-order valence-corrected chi connectivity index (χ0v) is 67.2. The van der Waals surface area contributed by atoms with Crippen molar-refractivity contribution in [3.8, 4) is 101 Å². The fraction of sp³-hybridized carbons (Fsp3) is 0.00870. The molecule has 9 heteroatoms. The third-order valence-corrected chi connectivity index (χ3v) is 29.9. The van der Waals surface area contributed by atoms with Crippen LogP contribution in [0.25, 0.3) is 232 Å². The highest BCUT2D eigenvalue weighted by Crippen LogP contribution is 2.51. The molecule has 0 saturated carbocycles. The van der Waals surface area contributed by atoms with Crippen molar-refractivity contribution in [2.45, 2.75) is 6.92 Å². The van der Waals surface area contributed by atoms with E-state index < -0.39 is 0 Å². The quantitative estimate of drug-likeness (QED) is 0.149. The molecule has 6 nitrogen and oxygen atoms in total. The van der Waals surface area contributed by atoms with E-state index in [0.29, 0.717) is 0 Å². The monoisotopic (exact) mass is 1560 g/mol. The van der Waals surface area contributed by atoms with Crippen LogP contribution < -0.4 is 49.2 Å². The lowest BCUT2D eigenvalue weighted by atomic mass is 9.33. The van der Waals surface area contributed by atoms with Crippen LogP contribution >= 0.6 is 0 Å². The summed E-state index contributed by atoms with van der Waals surface area (Å²) in [5.41, 5.74) is 50.4. The van der Waals surface area contributed by atoms with Gasteiger partial charge in [0.15, 0.2) is 0 Å². The van der Waals surface area contributed by atoms with Crippen LogP contribution in [0.1, 0.15) is 5.56 Å². The minimum atomic E-state index is -0.137. The van der Waals surface area contributed by atoms with Crippen LogP contribution in [-0.2, 0) is 0 Å². The van der Waals surface area contributed by atoms with Crippen LogP contribution in [0, 0.1) is 6.92 Å². The zero-order chi connectivity index (χ0) is 80.1. The Kier molecular flexibility index (Phi) is 12.1. The molecule has 0 atom stereocenters. The Balaban J connectivity index is 0.615. The molecule has 0 bridgehead atoms. The molecule has 6 aromatic heterocycles. The number of benzene rings is 19. The Morgan fingerprint density at radius 1 is 0.169 bits per heavy atom. The summed E-state index contributed by atoms with van der Waals surface area (Å²) in [6.45, 7) is 2.18. The van der Waals surface area contributed by atoms with Gasteiger partial charge in [0.2, 0.25) is 0 Å². The van der Waals surface area contributed by atoms with E-state index in [2.05, 4.69) is 410 Å². The lowest BCUT2D eigenvalue weighted by Crippen LogP contribution is -2.60. The SMILES string of the molecule is Cc1cc(-c2ccc3c4ccccc4n4c3c2B2c3c(c(-c5ccccc5)cc(-c5ccccc5)c3-4)-n3c4ccccc4c4cccc2c43)ccc1-c1cc2c3c(c1)-n1c4ccccc4c4ccc(-c5ccc(-c6cc7c8c(c6)-n6c9ccccc9c9cccc(c96)B8c6cccc8c9ccccc9n-7c68)cc5)c(c41)B3c1cccc3c4ccccc4n-2c13. The van der Waals surface area contributed by atoms with Gasteiger partial charge in [0.1, 0.15) is 0 Å². The number of hydrogen-bond acceptors (Lipinski definition) is 0. The number of hydrogen-bond donors (Lipinski definition) is 0. The minimum Gasteiger partial charge on any atom is -0.310 e. The average Bonchev–Trinajstić information content (AvgIpc) is 1.44. The van der Waals surface area contributed by atoms with Crippen molar-refractivity contribution in [2.75, 3.05) is 0 Å². The fourth-order valence-electron chi connectivity index (χ4n) is 25.2. The van der Waals surface area contributed by atoms with E-state index in [0.717, 1.165) is 0 Å². The van der Waals surface area contributed by atoms with E-state index in [4.69, 9.17) is 0 Å². The Labute approximate surface area is 712 Å². The van der Waals surface area contributed by atoms with Crippen LogP contribution in [0.2, 0.25) is 0 Å². The molecule has 0 radical (unpaired) electrons. The summed E-state index contributed by atoms with van der Waals surface area (Å²) in [6.07, 6.45) is 0. The molecule has 564 valence electrons. The maximum absolute atomic E-state index is 2.68. The lowest BCUT2D eigenvalue weighted by Gasteiger charge is -2.37. The van der Waals surface area contributed by atoms with Gasteiger partial charge >= 0.3 is 0 Å². The van der Waals surface area contributed by atoms with Gasteiger partial charge in [-0.1, -0.05) is 309 Å². The van der Waals surface area contributed by atoms with Crippen LogP contribution in [0.3, 0.4) is 0 Å². The topological polar surface area (TPSA) is 29.6 Å². The molecular weight excluding hydrogens is 1500 g/mol. The lowest BCUT2D eigenvalue weighted by molar-refractivity contribution is 1.14. The van der Waals surface area contributed by atoms with Crippen molar-refractivity contribution in [3.63, 3.8) is 0 Å². The van der Waals surface area contributed by atoms with Gasteiger partial charge in [0.05, 0.1) is 44.5 Å². The predicted molar refractivity (Wildman–Crippen MR) is 524 cm³/mol. The molecule has 0 saturated heterocycles. The van der Waals surface area contributed by atoms with E-state index in [1.807, 2.05) is 0 Å². The summed E-state index contributed by atoms with van der Waals surface area (Å²) < 4.78 is 15.8. The van der Waals surface area contributed by atoms with Crippen molar-refractivity contribution < 1.29 is 0 Å². The summed E-state index contributed by atoms with van der Waals surface area (Å²) in [5, 5.41) is 15.3. The number of fused-ring (bicyclic) bond motifs is 30. The minimum absolute atomic E-state index is 0.0612. The first-order valence-corrected chi connectivity index (χ1v) is 43.7. The van der Waals surface area contributed by atoms with Crippen LogP contribution in [-0.4, -0.2) is 47.5 Å². The first-order chi connectivity index (χ1) is 61.5. The standard InChI is InChI=1S/C115H65B3N6/c1-64-58-69(74-55-57-86-80-33-13-19-47-98(80)124-113(86)104(74)118-92-41-23-37-84-78-31-12-18-46-97(78)123(111(84)92)114-87(66-24-4-2-5-25-66)63-88(115(124)107(114)118)67-26-6-3-7-27-67)52-53-72(64)71-61-101-106-102(62-71)122-96-45-17-11-32-79(96)85-56-54-73(103(112(85)122)117(106)91-40-22-36-83-77-30-10-16-44-95(77)121(101)110(83)91)68-50-48-65(49-51-68)70-59-99-105-100(60-70)120-94-43-15-9-29-76(94)82-35-21-39-90(109(82)120)116(105)89-38-20-34-81-75-28-8-14-42-93(75)119(99)108(81)89/h2-63H,1H3. The van der Waals surface area contributed by atoms with Crippen LogP contribution in [0.15, 0.2) is 376 Å². The second-order valence-corrected chi connectivity index (χ2v) is 35.5. The summed E-state index contributed by atoms with van der Waals surface area (Å²) in [4.78, 5) is 0. The molecule has 12 heterocycles. The number of aromatic nitrogens is 6. The number of aryl methyl sites for hydroxylation is 1. The van der Waals surface area contributed by atoms with E-state index in [1.54, 1.807) is 0 Å². The smallest absolute Gasteiger partial charge is 0.253 e. The van der Waals surface area contributed by atoms with Gasteiger partial charge in [0.25, 0.3) is 20.1 Å². The van der Waals surface area contributed by atoms with Gasteiger partial charge in [-0.3, -0.25) is 0 Å². The van der Waals surface area contributed by atoms with E-state index in [1.165, 1.54) is 286 Å². The Hall–Kier alpha value is -15.8.